The lowest BCUT2D eigenvalue weighted by Gasteiger charge is -2.44. The Kier molecular flexibility index (Phi) is 5.71. The van der Waals surface area contributed by atoms with Crippen molar-refractivity contribution in [3.05, 3.63) is 51.4 Å². The van der Waals surface area contributed by atoms with Crippen LogP contribution < -0.4 is 19.6 Å². The Morgan fingerprint density at radius 2 is 1.69 bits per heavy atom. The summed E-state index contributed by atoms with van der Waals surface area (Å²) in [6.07, 6.45) is 1.37. The molecule has 0 radical (unpaired) electrons. The molecule has 1 aromatic carbocycles. The van der Waals surface area contributed by atoms with Crippen molar-refractivity contribution in [2.24, 2.45) is 0 Å². The monoisotopic (exact) mass is 440 g/mol. The average molecular weight is 440 g/mol. The molecule has 1 aromatic heterocycles. The van der Waals surface area contributed by atoms with Gasteiger partial charge in [-0.2, -0.15) is 0 Å². The molecular formula is C24H28N2O6. The predicted molar refractivity (Wildman–Crippen MR) is 118 cm³/mol. The van der Waals surface area contributed by atoms with Crippen LogP contribution in [-0.4, -0.2) is 54.1 Å². The second-order valence-electron chi connectivity index (χ2n) is 8.53. The first-order valence-electron chi connectivity index (χ1n) is 10.7. The Morgan fingerprint density at radius 1 is 1.03 bits per heavy atom. The third kappa shape index (κ3) is 3.97. The van der Waals surface area contributed by atoms with E-state index in [4.69, 9.17) is 14.2 Å². The third-order valence-corrected chi connectivity index (χ3v) is 6.46. The predicted octanol–water partition coefficient (Wildman–Crippen LogP) is 2.51. The largest absolute Gasteiger partial charge is 0.496 e. The van der Waals surface area contributed by atoms with Gasteiger partial charge in [0.2, 0.25) is 5.91 Å². The summed E-state index contributed by atoms with van der Waals surface area (Å²) in [4.78, 5) is 39.4. The van der Waals surface area contributed by atoms with Crippen molar-refractivity contribution < 1.29 is 23.8 Å². The first-order valence-corrected chi connectivity index (χ1v) is 10.7. The lowest BCUT2D eigenvalue weighted by Crippen LogP contribution is -2.52. The number of piperidine rings is 1. The van der Waals surface area contributed by atoms with E-state index in [1.807, 2.05) is 18.4 Å². The zero-order valence-electron chi connectivity index (χ0n) is 18.9. The van der Waals surface area contributed by atoms with Gasteiger partial charge in [0.25, 0.3) is 0 Å². The van der Waals surface area contributed by atoms with Gasteiger partial charge >= 0.3 is 0 Å². The minimum absolute atomic E-state index is 0.0134. The summed E-state index contributed by atoms with van der Waals surface area (Å²) < 4.78 is 18.9. The van der Waals surface area contributed by atoms with Crippen molar-refractivity contribution in [3.8, 4) is 17.2 Å². The number of likely N-dealkylation sites (tertiary alicyclic amines) is 1. The van der Waals surface area contributed by atoms with Crippen LogP contribution in [0, 0.1) is 13.8 Å². The molecule has 1 fully saturated rings. The van der Waals surface area contributed by atoms with Gasteiger partial charge in [-0.05, 0) is 13.8 Å². The number of carbonyl (C=O) groups excluding carboxylic acids is 2. The number of carbonyl (C=O) groups is 2. The number of aromatic nitrogens is 1. The topological polar surface area (TPSA) is 87.1 Å². The molecule has 1 saturated heterocycles. The molecule has 0 aliphatic carbocycles. The second-order valence-corrected chi connectivity index (χ2v) is 8.53. The van der Waals surface area contributed by atoms with E-state index in [1.54, 1.807) is 24.1 Å². The highest BCUT2D eigenvalue weighted by molar-refractivity contribution is 6.03. The van der Waals surface area contributed by atoms with Gasteiger partial charge in [-0.3, -0.25) is 14.4 Å². The summed E-state index contributed by atoms with van der Waals surface area (Å²) in [5.41, 5.74) is 1.27. The second kappa shape index (κ2) is 8.33. The van der Waals surface area contributed by atoms with Crippen molar-refractivity contribution in [2.75, 3.05) is 27.3 Å². The molecule has 1 amide bonds. The van der Waals surface area contributed by atoms with E-state index in [9.17, 15) is 14.4 Å². The number of pyridine rings is 1. The first-order chi connectivity index (χ1) is 15.2. The number of amides is 1. The number of hydrogen-bond acceptors (Lipinski definition) is 6. The molecule has 4 rings (SSSR count). The third-order valence-electron chi connectivity index (χ3n) is 6.46. The SMILES string of the molecule is COc1cc(OC)c2c(c1)OC1(CCN(C(=O)Cn3c(C)cc(=O)cc3C)CC1)CC2=O. The van der Waals surface area contributed by atoms with E-state index in [0.29, 0.717) is 48.7 Å². The highest BCUT2D eigenvalue weighted by Crippen LogP contribution is 2.44. The zero-order valence-corrected chi connectivity index (χ0v) is 18.9. The number of methoxy groups -OCH3 is 2. The molecule has 0 unspecified atom stereocenters. The number of aryl methyl sites for hydroxylation is 2. The number of ketones is 1. The first kappa shape index (κ1) is 21.9. The molecule has 32 heavy (non-hydrogen) atoms. The molecule has 8 nitrogen and oxygen atoms in total. The molecule has 0 saturated carbocycles. The number of hydrogen-bond donors (Lipinski definition) is 0. The molecule has 1 spiro atoms. The Labute approximate surface area is 186 Å². The van der Waals surface area contributed by atoms with Gasteiger partial charge in [0.15, 0.2) is 11.2 Å². The lowest BCUT2D eigenvalue weighted by molar-refractivity contribution is -0.135. The minimum Gasteiger partial charge on any atom is -0.496 e. The molecule has 2 aromatic rings. The van der Waals surface area contributed by atoms with Crippen LogP contribution >= 0.6 is 0 Å². The standard InChI is InChI=1S/C24H28N2O6/c1-15-9-17(27)10-16(2)26(15)14-22(29)25-7-5-24(6-8-25)13-19(28)23-20(31-4)11-18(30-3)12-21(23)32-24/h9-12H,5-8,13-14H2,1-4H3. The van der Waals surface area contributed by atoms with Crippen LogP contribution in [-0.2, 0) is 11.3 Å². The summed E-state index contributed by atoms with van der Waals surface area (Å²) in [5.74, 6) is 1.44. The molecule has 170 valence electrons. The van der Waals surface area contributed by atoms with Crippen LogP contribution in [0.5, 0.6) is 17.2 Å². The Bertz CT molecular complexity index is 1100. The number of ether oxygens (including phenoxy) is 3. The van der Waals surface area contributed by atoms with E-state index < -0.39 is 5.60 Å². The van der Waals surface area contributed by atoms with Gasteiger partial charge in [-0.15, -0.1) is 0 Å². The highest BCUT2D eigenvalue weighted by Gasteiger charge is 2.45. The molecule has 3 heterocycles. The van der Waals surface area contributed by atoms with E-state index in [2.05, 4.69) is 0 Å². The molecule has 0 N–H and O–H groups in total. The van der Waals surface area contributed by atoms with Crippen LogP contribution in [0.3, 0.4) is 0 Å². The van der Waals surface area contributed by atoms with E-state index >= 15 is 0 Å². The Morgan fingerprint density at radius 3 is 2.28 bits per heavy atom. The van der Waals surface area contributed by atoms with Crippen LogP contribution in [0.1, 0.15) is 41.0 Å². The quantitative estimate of drug-likeness (QED) is 0.726. The summed E-state index contributed by atoms with van der Waals surface area (Å²) in [6, 6.07) is 6.47. The van der Waals surface area contributed by atoms with Crippen molar-refractivity contribution in [3.63, 3.8) is 0 Å². The van der Waals surface area contributed by atoms with Gasteiger partial charge in [0.1, 0.15) is 35.0 Å². The fourth-order valence-corrected chi connectivity index (χ4v) is 4.66. The van der Waals surface area contributed by atoms with Crippen LogP contribution in [0.2, 0.25) is 0 Å². The van der Waals surface area contributed by atoms with Crippen LogP contribution in [0.15, 0.2) is 29.1 Å². The maximum Gasteiger partial charge on any atom is 0.242 e. The minimum atomic E-state index is -0.637. The van der Waals surface area contributed by atoms with Crippen LogP contribution in [0.4, 0.5) is 0 Å². The number of rotatable bonds is 4. The number of Topliss-reactive ketones (excluding diaryl/α,β-unsaturated/α-hetero) is 1. The van der Waals surface area contributed by atoms with Gasteiger partial charge < -0.3 is 23.7 Å². The number of benzene rings is 1. The van der Waals surface area contributed by atoms with E-state index in [0.717, 1.165) is 11.4 Å². The van der Waals surface area contributed by atoms with Gasteiger partial charge in [-0.25, -0.2) is 0 Å². The maximum absolute atomic E-state index is 13.0. The van der Waals surface area contributed by atoms with Crippen molar-refractivity contribution in [1.82, 2.24) is 9.47 Å². The number of nitrogens with zero attached hydrogens (tertiary/aromatic N) is 2. The molecule has 0 bridgehead atoms. The fraction of sp³-hybridized carbons (Fsp3) is 0.458. The van der Waals surface area contributed by atoms with E-state index in [1.165, 1.54) is 19.2 Å². The maximum atomic E-state index is 13.0. The van der Waals surface area contributed by atoms with E-state index in [-0.39, 0.29) is 30.1 Å². The summed E-state index contributed by atoms with van der Waals surface area (Å²) in [7, 11) is 3.07. The van der Waals surface area contributed by atoms with Gasteiger partial charge in [0, 0.05) is 61.6 Å². The van der Waals surface area contributed by atoms with Gasteiger partial charge in [-0.1, -0.05) is 0 Å². The fourth-order valence-electron chi connectivity index (χ4n) is 4.66. The summed E-state index contributed by atoms with van der Waals surface area (Å²) in [6.45, 7) is 4.84. The Hall–Kier alpha value is -3.29. The zero-order chi connectivity index (χ0) is 23.0. The molecule has 2 aliphatic heterocycles. The summed E-state index contributed by atoms with van der Waals surface area (Å²) >= 11 is 0. The average Bonchev–Trinajstić information content (AvgIpc) is 2.75. The Balaban J connectivity index is 1.48. The molecule has 2 aliphatic rings. The normalized spacial score (nSPS) is 17.0. The summed E-state index contributed by atoms with van der Waals surface area (Å²) in [5, 5.41) is 0. The number of fused-ring (bicyclic) bond motifs is 1. The molecule has 8 heteroatoms. The van der Waals surface area contributed by atoms with Crippen LogP contribution in [0.25, 0.3) is 0 Å². The van der Waals surface area contributed by atoms with Crippen molar-refractivity contribution in [1.29, 1.82) is 0 Å². The van der Waals surface area contributed by atoms with Crippen molar-refractivity contribution >= 4 is 11.7 Å². The van der Waals surface area contributed by atoms with Gasteiger partial charge in [0.05, 0.1) is 20.6 Å². The highest BCUT2D eigenvalue weighted by atomic mass is 16.5. The van der Waals surface area contributed by atoms with Crippen molar-refractivity contribution in [2.45, 2.75) is 45.3 Å². The molecule has 0 atom stereocenters. The smallest absolute Gasteiger partial charge is 0.242 e. The lowest BCUT2D eigenvalue weighted by atomic mass is 9.82. The molecular weight excluding hydrogens is 412 g/mol.